The van der Waals surface area contributed by atoms with Gasteiger partial charge in [0.2, 0.25) is 0 Å². The lowest BCUT2D eigenvalue weighted by molar-refractivity contribution is -0.274. The number of hydrogen-bond acceptors (Lipinski definition) is 5. The molecule has 0 aliphatic carbocycles. The topological polar surface area (TPSA) is 91.8 Å². The minimum atomic E-state index is -4.84. The zero-order valence-electron chi connectivity index (χ0n) is 16.0. The van der Waals surface area contributed by atoms with Crippen molar-refractivity contribution in [2.75, 3.05) is 11.4 Å². The van der Waals surface area contributed by atoms with E-state index in [2.05, 4.69) is 15.0 Å². The molecule has 3 heterocycles. The number of hydrogen-bond donors (Lipinski definition) is 1. The molecule has 2 atom stereocenters. The fourth-order valence-electron chi connectivity index (χ4n) is 3.74. The molecule has 0 bridgehead atoms. The summed E-state index contributed by atoms with van der Waals surface area (Å²) in [6.45, 7) is 0.266. The Kier molecular flexibility index (Phi) is 5.25. The van der Waals surface area contributed by atoms with Gasteiger partial charge in [0.1, 0.15) is 11.8 Å². The number of pyridine rings is 1. The zero-order chi connectivity index (χ0) is 22.2. The first kappa shape index (κ1) is 20.6. The molecule has 1 aromatic heterocycles. The van der Waals surface area contributed by atoms with E-state index < -0.39 is 30.1 Å². The average Bonchev–Trinajstić information content (AvgIpc) is 2.98. The van der Waals surface area contributed by atoms with Crippen molar-refractivity contribution in [3.05, 3.63) is 54.4 Å². The van der Waals surface area contributed by atoms with Crippen molar-refractivity contribution in [3.8, 4) is 5.75 Å². The SMILES string of the molecule is O=C(NC1CCN2C(=O)N(c3ccc(OC(F)(F)F)cc3)C(=O)C2C1)c1ccncc1. The van der Waals surface area contributed by atoms with Crippen molar-refractivity contribution in [1.29, 1.82) is 0 Å². The number of carbonyl (C=O) groups excluding carboxylic acids is 3. The number of piperidine rings is 1. The first-order chi connectivity index (χ1) is 14.7. The minimum Gasteiger partial charge on any atom is -0.406 e. The molecule has 11 heteroatoms. The van der Waals surface area contributed by atoms with Gasteiger partial charge in [-0.3, -0.25) is 14.6 Å². The second-order valence-corrected chi connectivity index (χ2v) is 7.14. The van der Waals surface area contributed by atoms with Gasteiger partial charge in [-0.25, -0.2) is 9.69 Å². The van der Waals surface area contributed by atoms with Crippen LogP contribution in [0.1, 0.15) is 23.2 Å². The number of nitrogens with one attached hydrogen (secondary N) is 1. The Morgan fingerprint density at radius 1 is 1.10 bits per heavy atom. The predicted molar refractivity (Wildman–Crippen MR) is 101 cm³/mol. The molecule has 162 valence electrons. The number of imide groups is 1. The zero-order valence-corrected chi connectivity index (χ0v) is 16.0. The summed E-state index contributed by atoms with van der Waals surface area (Å²) < 4.78 is 40.8. The number of carbonyl (C=O) groups is 3. The summed E-state index contributed by atoms with van der Waals surface area (Å²) in [7, 11) is 0. The molecule has 2 aliphatic rings. The summed E-state index contributed by atoms with van der Waals surface area (Å²) in [4.78, 5) is 44.2. The Balaban J connectivity index is 1.45. The molecule has 1 aromatic carbocycles. The van der Waals surface area contributed by atoms with E-state index in [4.69, 9.17) is 0 Å². The van der Waals surface area contributed by atoms with Gasteiger partial charge in [0.15, 0.2) is 0 Å². The van der Waals surface area contributed by atoms with E-state index in [1.807, 2.05) is 0 Å². The highest BCUT2D eigenvalue weighted by molar-refractivity contribution is 6.21. The van der Waals surface area contributed by atoms with Crippen LogP contribution in [0.4, 0.5) is 23.7 Å². The summed E-state index contributed by atoms with van der Waals surface area (Å²) in [5, 5.41) is 2.87. The maximum atomic E-state index is 12.9. The van der Waals surface area contributed by atoms with E-state index in [9.17, 15) is 27.6 Å². The van der Waals surface area contributed by atoms with Crippen molar-refractivity contribution in [2.45, 2.75) is 31.3 Å². The fraction of sp³-hybridized carbons (Fsp3) is 0.300. The van der Waals surface area contributed by atoms with Crippen LogP contribution in [0.15, 0.2) is 48.8 Å². The largest absolute Gasteiger partial charge is 0.573 e. The first-order valence-electron chi connectivity index (χ1n) is 9.44. The Bertz CT molecular complexity index is 998. The lowest BCUT2D eigenvalue weighted by atomic mass is 9.97. The lowest BCUT2D eigenvalue weighted by Crippen LogP contribution is -2.49. The Labute approximate surface area is 174 Å². The Hall–Kier alpha value is -3.63. The number of urea groups is 1. The van der Waals surface area contributed by atoms with Crippen molar-refractivity contribution >= 4 is 23.5 Å². The molecule has 8 nitrogen and oxygen atoms in total. The van der Waals surface area contributed by atoms with Crippen LogP contribution in [-0.4, -0.2) is 52.7 Å². The number of benzene rings is 1. The number of fused-ring (bicyclic) bond motifs is 1. The molecule has 4 rings (SSSR count). The van der Waals surface area contributed by atoms with Gasteiger partial charge in [-0.15, -0.1) is 13.2 Å². The van der Waals surface area contributed by atoms with Gasteiger partial charge in [0, 0.05) is 30.5 Å². The monoisotopic (exact) mass is 434 g/mol. The smallest absolute Gasteiger partial charge is 0.406 e. The molecular formula is C20H17F3N4O4. The molecule has 0 saturated carbocycles. The maximum Gasteiger partial charge on any atom is 0.573 e. The summed E-state index contributed by atoms with van der Waals surface area (Å²) in [6, 6.07) is 6.06. The van der Waals surface area contributed by atoms with Gasteiger partial charge in [-0.05, 0) is 49.2 Å². The van der Waals surface area contributed by atoms with Crippen LogP contribution < -0.4 is 15.0 Å². The second kappa shape index (κ2) is 7.89. The average molecular weight is 434 g/mol. The van der Waals surface area contributed by atoms with E-state index in [1.54, 1.807) is 12.1 Å². The number of alkyl halides is 3. The third-order valence-electron chi connectivity index (χ3n) is 5.15. The molecule has 1 N–H and O–H groups in total. The number of aromatic nitrogens is 1. The van der Waals surface area contributed by atoms with Gasteiger partial charge in [0.05, 0.1) is 5.69 Å². The van der Waals surface area contributed by atoms with E-state index >= 15 is 0 Å². The standard InChI is InChI=1S/C20H17F3N4O4/c21-20(22,23)31-15-3-1-14(2-4-15)27-18(29)16-11-13(7-10-26(16)19(27)30)25-17(28)12-5-8-24-9-6-12/h1-6,8-9,13,16H,7,10-11H2,(H,25,28). The van der Waals surface area contributed by atoms with Crippen LogP contribution in [0.3, 0.4) is 0 Å². The number of ether oxygens (including phenoxy) is 1. The Morgan fingerprint density at radius 3 is 2.42 bits per heavy atom. The molecule has 2 aliphatic heterocycles. The molecule has 2 aromatic rings. The van der Waals surface area contributed by atoms with Crippen molar-refractivity contribution < 1.29 is 32.3 Å². The van der Waals surface area contributed by atoms with E-state index in [0.29, 0.717) is 12.0 Å². The third kappa shape index (κ3) is 4.30. The lowest BCUT2D eigenvalue weighted by Gasteiger charge is -2.32. The molecule has 31 heavy (non-hydrogen) atoms. The molecule has 2 unspecified atom stereocenters. The number of nitrogens with zero attached hydrogens (tertiary/aromatic N) is 3. The minimum absolute atomic E-state index is 0.149. The number of halogens is 3. The van der Waals surface area contributed by atoms with Crippen molar-refractivity contribution in [1.82, 2.24) is 15.2 Å². The fourth-order valence-corrected chi connectivity index (χ4v) is 3.74. The van der Waals surface area contributed by atoms with E-state index in [1.165, 1.54) is 29.4 Å². The van der Waals surface area contributed by atoms with Crippen LogP contribution in [-0.2, 0) is 4.79 Å². The van der Waals surface area contributed by atoms with E-state index in [-0.39, 0.29) is 30.6 Å². The third-order valence-corrected chi connectivity index (χ3v) is 5.15. The normalized spacial score (nSPS) is 21.1. The van der Waals surface area contributed by atoms with Gasteiger partial charge < -0.3 is 15.0 Å². The van der Waals surface area contributed by atoms with Gasteiger partial charge >= 0.3 is 12.4 Å². The molecule has 2 fully saturated rings. The summed E-state index contributed by atoms with van der Waals surface area (Å²) in [5.74, 6) is -1.24. The van der Waals surface area contributed by atoms with Crippen molar-refractivity contribution in [3.63, 3.8) is 0 Å². The molecular weight excluding hydrogens is 417 g/mol. The van der Waals surface area contributed by atoms with Gasteiger partial charge in [0.25, 0.3) is 11.8 Å². The highest BCUT2D eigenvalue weighted by Gasteiger charge is 2.48. The van der Waals surface area contributed by atoms with Crippen LogP contribution in [0.5, 0.6) is 5.75 Å². The van der Waals surface area contributed by atoms with Crippen LogP contribution in [0.25, 0.3) is 0 Å². The highest BCUT2D eigenvalue weighted by Crippen LogP contribution is 2.32. The quantitative estimate of drug-likeness (QED) is 0.748. The summed E-state index contributed by atoms with van der Waals surface area (Å²) >= 11 is 0. The molecule has 0 spiro atoms. The second-order valence-electron chi connectivity index (χ2n) is 7.14. The van der Waals surface area contributed by atoms with Crippen molar-refractivity contribution in [2.24, 2.45) is 0 Å². The number of rotatable bonds is 4. The highest BCUT2D eigenvalue weighted by atomic mass is 19.4. The van der Waals surface area contributed by atoms with E-state index in [0.717, 1.165) is 17.0 Å². The number of amides is 4. The van der Waals surface area contributed by atoms with Gasteiger partial charge in [-0.2, -0.15) is 0 Å². The summed E-state index contributed by atoms with van der Waals surface area (Å²) in [6.07, 6.45) is -1.12. The Morgan fingerprint density at radius 2 is 1.77 bits per heavy atom. The first-order valence-corrected chi connectivity index (χ1v) is 9.44. The van der Waals surface area contributed by atoms with Gasteiger partial charge in [-0.1, -0.05) is 0 Å². The predicted octanol–water partition coefficient (Wildman–Crippen LogP) is 2.71. The van der Waals surface area contributed by atoms with Crippen LogP contribution in [0, 0.1) is 0 Å². The molecule has 4 amide bonds. The maximum absolute atomic E-state index is 12.9. The van der Waals surface area contributed by atoms with Crippen LogP contribution in [0.2, 0.25) is 0 Å². The number of anilines is 1. The molecule has 0 radical (unpaired) electrons. The van der Waals surface area contributed by atoms with Crippen LogP contribution >= 0.6 is 0 Å². The molecule has 2 saturated heterocycles. The summed E-state index contributed by atoms with van der Waals surface area (Å²) in [5.41, 5.74) is 0.588.